The number of aromatic nitrogens is 3. The van der Waals surface area contributed by atoms with Crippen molar-refractivity contribution in [1.82, 2.24) is 15.0 Å². The fraction of sp³-hybridized carbons (Fsp3) is 0. The summed E-state index contributed by atoms with van der Waals surface area (Å²) in [6.45, 7) is 0. The Morgan fingerprint density at radius 2 is 2.08 bits per heavy atom. The van der Waals surface area contributed by atoms with E-state index in [4.69, 9.17) is 11.6 Å². The zero-order chi connectivity index (χ0) is 8.55. The van der Waals surface area contributed by atoms with Gasteiger partial charge in [0.1, 0.15) is 0 Å². The van der Waals surface area contributed by atoms with Crippen LogP contribution in [0.2, 0.25) is 5.28 Å². The topological polar surface area (TPSA) is 38.7 Å². The summed E-state index contributed by atoms with van der Waals surface area (Å²) < 4.78 is 0.904. The molecule has 0 aliphatic heterocycles. The van der Waals surface area contributed by atoms with Gasteiger partial charge < -0.3 is 0 Å². The molecule has 0 unspecified atom stereocenters. The van der Waals surface area contributed by atoms with Crippen LogP contribution in [0.5, 0.6) is 0 Å². The second kappa shape index (κ2) is 2.95. The van der Waals surface area contributed by atoms with Crippen LogP contribution in [-0.2, 0) is 0 Å². The fourth-order valence-electron chi connectivity index (χ4n) is 0.875. The maximum Gasteiger partial charge on any atom is 0.224 e. The Labute approximate surface area is 81.9 Å². The predicted molar refractivity (Wildman–Crippen MR) is 50.0 cm³/mol. The van der Waals surface area contributed by atoms with Crippen molar-refractivity contribution in [2.45, 2.75) is 0 Å². The average Bonchev–Trinajstić information content (AvgIpc) is 2.05. The van der Waals surface area contributed by atoms with Gasteiger partial charge in [-0.2, -0.15) is 4.98 Å². The highest BCUT2D eigenvalue weighted by Crippen LogP contribution is 2.15. The summed E-state index contributed by atoms with van der Waals surface area (Å²) in [7, 11) is 0. The Bertz CT molecular complexity index is 391. The van der Waals surface area contributed by atoms with E-state index in [1.165, 1.54) is 0 Å². The van der Waals surface area contributed by atoms with Crippen molar-refractivity contribution in [1.29, 1.82) is 0 Å². The average molecular weight is 244 g/mol. The molecule has 0 bridgehead atoms. The van der Waals surface area contributed by atoms with Gasteiger partial charge in [-0.15, -0.1) is 0 Å². The highest BCUT2D eigenvalue weighted by molar-refractivity contribution is 9.10. The van der Waals surface area contributed by atoms with Gasteiger partial charge in [-0.25, -0.2) is 9.97 Å². The lowest BCUT2D eigenvalue weighted by molar-refractivity contribution is 1.18. The maximum atomic E-state index is 5.58. The van der Waals surface area contributed by atoms with Crippen LogP contribution in [-0.4, -0.2) is 15.0 Å². The molecule has 2 aromatic rings. The lowest BCUT2D eigenvalue weighted by Gasteiger charge is -1.95. The number of fused-ring (bicyclic) bond motifs is 1. The van der Waals surface area contributed by atoms with E-state index in [9.17, 15) is 0 Å². The van der Waals surface area contributed by atoms with E-state index in [0.29, 0.717) is 5.65 Å². The first-order chi connectivity index (χ1) is 5.75. The van der Waals surface area contributed by atoms with Crippen LogP contribution in [0.1, 0.15) is 0 Å². The van der Waals surface area contributed by atoms with Gasteiger partial charge in [-0.05, 0) is 33.6 Å². The molecule has 0 radical (unpaired) electrons. The number of rotatable bonds is 0. The molecule has 2 heterocycles. The third-order valence-corrected chi connectivity index (χ3v) is 1.99. The largest absolute Gasteiger partial charge is 0.235 e. The summed E-state index contributed by atoms with van der Waals surface area (Å²) in [5, 5.41) is 1.09. The van der Waals surface area contributed by atoms with Gasteiger partial charge in [0.25, 0.3) is 0 Å². The molecular formula is C7H3BrClN3. The van der Waals surface area contributed by atoms with Crippen molar-refractivity contribution in [3.05, 3.63) is 28.2 Å². The second-order valence-corrected chi connectivity index (χ2v) is 3.46. The summed E-state index contributed by atoms with van der Waals surface area (Å²) >= 11 is 8.88. The van der Waals surface area contributed by atoms with Gasteiger partial charge in [-0.1, -0.05) is 0 Å². The zero-order valence-corrected chi connectivity index (χ0v) is 8.17. The lowest BCUT2D eigenvalue weighted by atomic mass is 10.3. The Balaban J connectivity index is 2.79. The first kappa shape index (κ1) is 7.89. The number of pyridine rings is 1. The molecule has 12 heavy (non-hydrogen) atoms. The summed E-state index contributed by atoms with van der Waals surface area (Å²) in [6.07, 6.45) is 3.31. The van der Waals surface area contributed by atoms with E-state index in [-0.39, 0.29) is 5.28 Å². The Morgan fingerprint density at radius 3 is 2.92 bits per heavy atom. The van der Waals surface area contributed by atoms with Gasteiger partial charge in [0.15, 0.2) is 5.65 Å². The third kappa shape index (κ3) is 1.40. The van der Waals surface area contributed by atoms with E-state index in [1.807, 2.05) is 6.07 Å². The Kier molecular flexibility index (Phi) is 1.94. The van der Waals surface area contributed by atoms with E-state index < -0.39 is 0 Å². The van der Waals surface area contributed by atoms with Crippen LogP contribution in [0.3, 0.4) is 0 Å². The quantitative estimate of drug-likeness (QED) is 0.668. The fourth-order valence-corrected chi connectivity index (χ4v) is 1.35. The Morgan fingerprint density at radius 1 is 1.25 bits per heavy atom. The molecule has 60 valence electrons. The van der Waals surface area contributed by atoms with Crippen LogP contribution in [0.4, 0.5) is 0 Å². The number of halogens is 2. The minimum atomic E-state index is 0.220. The monoisotopic (exact) mass is 243 g/mol. The first-order valence-corrected chi connectivity index (χ1v) is 4.36. The summed E-state index contributed by atoms with van der Waals surface area (Å²) in [6, 6.07) is 1.89. The summed E-state index contributed by atoms with van der Waals surface area (Å²) in [5.74, 6) is 0. The molecular weight excluding hydrogens is 241 g/mol. The minimum Gasteiger partial charge on any atom is -0.235 e. The molecule has 5 heteroatoms. The molecule has 0 aliphatic carbocycles. The van der Waals surface area contributed by atoms with Gasteiger partial charge in [-0.3, -0.25) is 0 Å². The molecule has 0 aliphatic rings. The van der Waals surface area contributed by atoms with E-state index in [0.717, 1.165) is 9.86 Å². The van der Waals surface area contributed by atoms with Gasteiger partial charge in [0.2, 0.25) is 5.28 Å². The Hall–Kier alpha value is -0.740. The molecule has 0 atom stereocenters. The molecule has 0 fully saturated rings. The zero-order valence-electron chi connectivity index (χ0n) is 5.83. The number of hydrogen-bond donors (Lipinski definition) is 0. The molecule has 0 saturated heterocycles. The van der Waals surface area contributed by atoms with Crippen LogP contribution in [0.15, 0.2) is 22.9 Å². The van der Waals surface area contributed by atoms with Crippen molar-refractivity contribution in [2.24, 2.45) is 0 Å². The first-order valence-electron chi connectivity index (χ1n) is 3.19. The predicted octanol–water partition coefficient (Wildman–Crippen LogP) is 2.44. The molecule has 3 nitrogen and oxygen atoms in total. The molecule has 0 spiro atoms. The molecule has 0 N–H and O–H groups in total. The minimum absolute atomic E-state index is 0.220. The van der Waals surface area contributed by atoms with Gasteiger partial charge >= 0.3 is 0 Å². The van der Waals surface area contributed by atoms with Crippen molar-refractivity contribution >= 4 is 38.6 Å². The molecule has 0 aromatic carbocycles. The third-order valence-electron chi connectivity index (χ3n) is 1.37. The smallest absolute Gasteiger partial charge is 0.224 e. The lowest BCUT2D eigenvalue weighted by Crippen LogP contribution is -1.86. The van der Waals surface area contributed by atoms with E-state index >= 15 is 0 Å². The van der Waals surface area contributed by atoms with E-state index in [1.54, 1.807) is 12.4 Å². The highest BCUT2D eigenvalue weighted by Gasteiger charge is 1.98. The van der Waals surface area contributed by atoms with Crippen molar-refractivity contribution < 1.29 is 0 Å². The maximum absolute atomic E-state index is 5.58. The number of nitrogens with zero attached hydrogens (tertiary/aromatic N) is 3. The van der Waals surface area contributed by atoms with Crippen LogP contribution in [0.25, 0.3) is 11.0 Å². The molecule has 0 saturated carbocycles. The normalized spacial score (nSPS) is 10.5. The van der Waals surface area contributed by atoms with Crippen LogP contribution >= 0.6 is 27.5 Å². The number of hydrogen-bond acceptors (Lipinski definition) is 3. The van der Waals surface area contributed by atoms with Crippen LogP contribution < -0.4 is 0 Å². The van der Waals surface area contributed by atoms with Gasteiger partial charge in [0, 0.05) is 22.3 Å². The molecule has 2 rings (SSSR count). The van der Waals surface area contributed by atoms with Gasteiger partial charge in [0.05, 0.1) is 0 Å². The SMILES string of the molecule is Clc1ncc2cc(Br)cnc2n1. The summed E-state index contributed by atoms with van der Waals surface area (Å²) in [4.78, 5) is 11.8. The van der Waals surface area contributed by atoms with E-state index in [2.05, 4.69) is 30.9 Å². The summed E-state index contributed by atoms with van der Waals surface area (Å²) in [5.41, 5.74) is 0.609. The molecule has 2 aromatic heterocycles. The van der Waals surface area contributed by atoms with Crippen molar-refractivity contribution in [3.8, 4) is 0 Å². The highest BCUT2D eigenvalue weighted by atomic mass is 79.9. The van der Waals surface area contributed by atoms with Crippen LogP contribution in [0, 0.1) is 0 Å². The standard InChI is InChI=1S/C7H3BrClN3/c8-5-1-4-2-11-7(9)12-6(4)10-3-5/h1-3H. The van der Waals surface area contributed by atoms with Crippen molar-refractivity contribution in [3.63, 3.8) is 0 Å². The van der Waals surface area contributed by atoms with Crippen molar-refractivity contribution in [2.75, 3.05) is 0 Å². The second-order valence-electron chi connectivity index (χ2n) is 2.21. The molecule has 0 amide bonds.